The molecule has 0 atom stereocenters. The Bertz CT molecular complexity index is 1440. The number of fused-ring (bicyclic) bond motifs is 1. The lowest BCUT2D eigenvalue weighted by molar-refractivity contribution is 0.105. The van der Waals surface area contributed by atoms with Gasteiger partial charge in [0, 0.05) is 10.6 Å². The minimum Gasteiger partial charge on any atom is -0.489 e. The molecule has 0 radical (unpaired) electrons. The minimum atomic E-state index is -0.147. The van der Waals surface area contributed by atoms with Crippen LogP contribution in [0.1, 0.15) is 27.3 Å². The number of aromatic nitrogens is 2. The van der Waals surface area contributed by atoms with Crippen molar-refractivity contribution in [2.75, 3.05) is 0 Å². The summed E-state index contributed by atoms with van der Waals surface area (Å²) in [6.45, 7) is 0.466. The lowest BCUT2D eigenvalue weighted by atomic mass is 10.0. The molecular weight excluding hydrogens is 444 g/mol. The van der Waals surface area contributed by atoms with Gasteiger partial charge in [-0.05, 0) is 65.7 Å². The number of hydrogen-bond acceptors (Lipinski definition) is 3. The topological polar surface area (TPSA) is 55.0 Å². The Labute approximate surface area is 202 Å². The molecule has 0 saturated carbocycles. The minimum absolute atomic E-state index is 0.147. The maximum absolute atomic E-state index is 13.5. The summed E-state index contributed by atoms with van der Waals surface area (Å²) in [4.78, 5) is 21.5. The van der Waals surface area contributed by atoms with Gasteiger partial charge >= 0.3 is 0 Å². The summed E-state index contributed by atoms with van der Waals surface area (Å²) < 4.78 is 5.97. The van der Waals surface area contributed by atoms with Gasteiger partial charge in [0.25, 0.3) is 0 Å². The molecule has 34 heavy (non-hydrogen) atoms. The van der Waals surface area contributed by atoms with Crippen molar-refractivity contribution < 1.29 is 9.53 Å². The second-order valence-corrected chi connectivity index (χ2v) is 8.28. The van der Waals surface area contributed by atoms with E-state index in [0.29, 0.717) is 28.6 Å². The molecule has 0 amide bonds. The molecule has 1 heterocycles. The van der Waals surface area contributed by atoms with E-state index in [2.05, 4.69) is 9.97 Å². The number of ketones is 1. The third-order valence-electron chi connectivity index (χ3n) is 5.41. The van der Waals surface area contributed by atoms with Crippen LogP contribution in [-0.4, -0.2) is 15.8 Å². The number of rotatable bonds is 7. The summed E-state index contributed by atoms with van der Waals surface area (Å²) in [6.07, 6.45) is 1.84. The largest absolute Gasteiger partial charge is 0.489 e. The molecule has 0 saturated heterocycles. The van der Waals surface area contributed by atoms with Gasteiger partial charge in [0.2, 0.25) is 0 Å². The Morgan fingerprint density at radius 3 is 2.44 bits per heavy atom. The van der Waals surface area contributed by atoms with Gasteiger partial charge < -0.3 is 9.72 Å². The smallest absolute Gasteiger partial charge is 0.196 e. The Morgan fingerprint density at radius 2 is 1.65 bits per heavy atom. The zero-order valence-electron chi connectivity index (χ0n) is 18.2. The number of aromatic amines is 1. The SMILES string of the molecule is O=C(C(=Cc1cccc(OCc2ccccc2)c1)c1nc2ccccc2[nH]1)c1ccc(Cl)cc1. The maximum Gasteiger partial charge on any atom is 0.196 e. The van der Waals surface area contributed by atoms with Crippen molar-refractivity contribution in [1.82, 2.24) is 9.97 Å². The Kier molecular flexibility index (Phi) is 6.23. The van der Waals surface area contributed by atoms with E-state index in [1.54, 1.807) is 24.3 Å². The molecule has 0 unspecified atom stereocenters. The molecular formula is C29H21ClN2O2. The van der Waals surface area contributed by atoms with Crippen LogP contribution >= 0.6 is 11.6 Å². The van der Waals surface area contributed by atoms with Gasteiger partial charge in [-0.1, -0.05) is 66.2 Å². The first-order valence-corrected chi connectivity index (χ1v) is 11.3. The van der Waals surface area contributed by atoms with Gasteiger partial charge in [-0.2, -0.15) is 0 Å². The molecule has 5 heteroatoms. The zero-order valence-corrected chi connectivity index (χ0v) is 19.0. The van der Waals surface area contributed by atoms with Gasteiger partial charge in [-0.3, -0.25) is 4.79 Å². The second-order valence-electron chi connectivity index (χ2n) is 7.84. The lowest BCUT2D eigenvalue weighted by Crippen LogP contribution is -2.04. The third-order valence-corrected chi connectivity index (χ3v) is 5.66. The predicted octanol–water partition coefficient (Wildman–Crippen LogP) is 7.22. The fraction of sp³-hybridized carbons (Fsp3) is 0.0345. The molecule has 1 aromatic heterocycles. The summed E-state index contributed by atoms with van der Waals surface area (Å²) in [6, 6.07) is 32.2. The van der Waals surface area contributed by atoms with Crippen molar-refractivity contribution in [3.05, 3.63) is 131 Å². The first-order chi connectivity index (χ1) is 16.7. The maximum atomic E-state index is 13.5. The monoisotopic (exact) mass is 464 g/mol. The highest BCUT2D eigenvalue weighted by atomic mass is 35.5. The lowest BCUT2D eigenvalue weighted by Gasteiger charge is -2.08. The molecule has 5 aromatic rings. The number of H-pyrrole nitrogens is 1. The number of para-hydroxylation sites is 2. The van der Waals surface area contributed by atoms with Crippen LogP contribution in [0.5, 0.6) is 5.75 Å². The fourth-order valence-corrected chi connectivity index (χ4v) is 3.81. The van der Waals surface area contributed by atoms with Crippen molar-refractivity contribution in [3.8, 4) is 5.75 Å². The Balaban J connectivity index is 1.51. The molecule has 4 nitrogen and oxygen atoms in total. The van der Waals surface area contributed by atoms with E-state index in [1.807, 2.05) is 84.9 Å². The molecule has 0 bridgehead atoms. The van der Waals surface area contributed by atoms with E-state index in [-0.39, 0.29) is 5.78 Å². The highest BCUT2D eigenvalue weighted by Crippen LogP contribution is 2.26. The van der Waals surface area contributed by atoms with Gasteiger partial charge in [-0.25, -0.2) is 4.98 Å². The Morgan fingerprint density at radius 1 is 0.882 bits per heavy atom. The van der Waals surface area contributed by atoms with Crippen molar-refractivity contribution in [2.45, 2.75) is 6.61 Å². The number of ether oxygens (including phenoxy) is 1. The molecule has 166 valence electrons. The normalized spacial score (nSPS) is 11.5. The van der Waals surface area contributed by atoms with E-state index in [9.17, 15) is 4.79 Å². The third kappa shape index (κ3) is 4.92. The van der Waals surface area contributed by atoms with Gasteiger partial charge in [0.1, 0.15) is 18.2 Å². The van der Waals surface area contributed by atoms with Crippen molar-refractivity contribution in [2.24, 2.45) is 0 Å². The highest BCUT2D eigenvalue weighted by molar-refractivity contribution is 6.33. The highest BCUT2D eigenvalue weighted by Gasteiger charge is 2.18. The number of imidazole rings is 1. The molecule has 0 aliphatic rings. The average Bonchev–Trinajstić information content (AvgIpc) is 3.31. The molecule has 1 N–H and O–H groups in total. The van der Waals surface area contributed by atoms with E-state index in [0.717, 1.165) is 27.9 Å². The van der Waals surface area contributed by atoms with Crippen LogP contribution in [-0.2, 0) is 6.61 Å². The van der Waals surface area contributed by atoms with Crippen LogP contribution in [0.25, 0.3) is 22.7 Å². The standard InChI is InChI=1S/C29H21ClN2O2/c30-23-15-13-22(14-16-23)28(33)25(29-31-26-11-4-5-12-27(26)32-29)18-21-9-6-10-24(17-21)34-19-20-7-2-1-3-8-20/h1-18H,19H2,(H,31,32). The van der Waals surface area contributed by atoms with Crippen LogP contribution < -0.4 is 4.74 Å². The zero-order chi connectivity index (χ0) is 23.3. The number of carbonyl (C=O) groups excluding carboxylic acids is 1. The molecule has 4 aromatic carbocycles. The van der Waals surface area contributed by atoms with E-state index in [1.165, 1.54) is 0 Å². The molecule has 0 aliphatic carbocycles. The van der Waals surface area contributed by atoms with Crippen LogP contribution in [0.4, 0.5) is 0 Å². The number of hydrogen-bond donors (Lipinski definition) is 1. The predicted molar refractivity (Wildman–Crippen MR) is 137 cm³/mol. The first-order valence-electron chi connectivity index (χ1n) is 10.9. The van der Waals surface area contributed by atoms with Crippen LogP contribution in [0.2, 0.25) is 5.02 Å². The van der Waals surface area contributed by atoms with Crippen LogP contribution in [0.3, 0.4) is 0 Å². The average molecular weight is 465 g/mol. The van der Waals surface area contributed by atoms with Gasteiger partial charge in [0.05, 0.1) is 16.6 Å². The van der Waals surface area contributed by atoms with E-state index in [4.69, 9.17) is 16.3 Å². The summed E-state index contributed by atoms with van der Waals surface area (Å²) in [7, 11) is 0. The number of halogens is 1. The number of benzene rings is 4. The van der Waals surface area contributed by atoms with Crippen molar-refractivity contribution in [1.29, 1.82) is 0 Å². The van der Waals surface area contributed by atoms with E-state index < -0.39 is 0 Å². The molecule has 0 spiro atoms. The molecule has 0 aliphatic heterocycles. The number of carbonyl (C=O) groups is 1. The van der Waals surface area contributed by atoms with Crippen LogP contribution in [0, 0.1) is 0 Å². The van der Waals surface area contributed by atoms with Crippen molar-refractivity contribution in [3.63, 3.8) is 0 Å². The first kappa shape index (κ1) is 21.7. The second kappa shape index (κ2) is 9.77. The number of nitrogens with one attached hydrogen (secondary N) is 1. The quantitative estimate of drug-likeness (QED) is 0.204. The number of nitrogens with zero attached hydrogens (tertiary/aromatic N) is 1. The van der Waals surface area contributed by atoms with Gasteiger partial charge in [-0.15, -0.1) is 0 Å². The fourth-order valence-electron chi connectivity index (χ4n) is 3.68. The molecule has 5 rings (SSSR count). The summed E-state index contributed by atoms with van der Waals surface area (Å²) in [5, 5.41) is 0.578. The van der Waals surface area contributed by atoms with Crippen molar-refractivity contribution >= 4 is 40.1 Å². The number of allylic oxidation sites excluding steroid dienone is 1. The summed E-state index contributed by atoms with van der Waals surface area (Å²) >= 11 is 6.03. The van der Waals surface area contributed by atoms with E-state index >= 15 is 0 Å². The summed E-state index contributed by atoms with van der Waals surface area (Å²) in [5.41, 5.74) is 4.58. The van der Waals surface area contributed by atoms with Crippen LogP contribution in [0.15, 0.2) is 103 Å². The molecule has 0 fully saturated rings. The van der Waals surface area contributed by atoms with Gasteiger partial charge in [0.15, 0.2) is 5.78 Å². The Hall–Kier alpha value is -4.15. The number of Topliss-reactive ketones (excluding diaryl/α,β-unsaturated/α-hetero) is 1. The summed E-state index contributed by atoms with van der Waals surface area (Å²) in [5.74, 6) is 1.09.